The molecule has 1 aliphatic rings. The molecule has 98 valence electrons. The number of hydrogen-bond acceptors (Lipinski definition) is 3. The summed E-state index contributed by atoms with van der Waals surface area (Å²) in [5.41, 5.74) is 1.76. The minimum Gasteiger partial charge on any atom is -0.335 e. The van der Waals surface area contributed by atoms with E-state index in [2.05, 4.69) is 40.1 Å². The maximum atomic E-state index is 13.4. The van der Waals surface area contributed by atoms with Crippen molar-refractivity contribution in [1.82, 2.24) is 0 Å². The SMILES string of the molecule is Cc1cc(F)c(Br)cc1NC1=NC(C)(C)CCS1. The molecule has 0 saturated heterocycles. The van der Waals surface area contributed by atoms with Crippen LogP contribution in [0.5, 0.6) is 0 Å². The Bertz CT molecular complexity index is 500. The van der Waals surface area contributed by atoms with Gasteiger partial charge in [0, 0.05) is 11.4 Å². The Kier molecular flexibility index (Phi) is 4.02. The first-order chi connectivity index (χ1) is 8.37. The second-order valence-corrected chi connectivity index (χ2v) is 6.97. The van der Waals surface area contributed by atoms with Crippen LogP contribution in [0.1, 0.15) is 25.8 Å². The molecule has 0 spiro atoms. The van der Waals surface area contributed by atoms with Crippen molar-refractivity contribution < 1.29 is 4.39 Å². The zero-order valence-electron chi connectivity index (χ0n) is 10.7. The van der Waals surface area contributed by atoms with Gasteiger partial charge < -0.3 is 5.32 Å². The first-order valence-corrected chi connectivity index (χ1v) is 7.60. The van der Waals surface area contributed by atoms with E-state index in [0.29, 0.717) is 4.47 Å². The number of amidine groups is 1. The van der Waals surface area contributed by atoms with Gasteiger partial charge in [-0.1, -0.05) is 11.8 Å². The van der Waals surface area contributed by atoms with Gasteiger partial charge in [0.1, 0.15) is 5.82 Å². The predicted octanol–water partition coefficient (Wildman–Crippen LogP) is 4.58. The van der Waals surface area contributed by atoms with Gasteiger partial charge in [-0.25, -0.2) is 4.39 Å². The molecule has 1 aromatic rings. The lowest BCUT2D eigenvalue weighted by Crippen LogP contribution is -2.27. The van der Waals surface area contributed by atoms with Crippen molar-refractivity contribution in [3.05, 3.63) is 28.0 Å². The molecular weight excluding hydrogens is 315 g/mol. The van der Waals surface area contributed by atoms with Crippen molar-refractivity contribution in [1.29, 1.82) is 0 Å². The van der Waals surface area contributed by atoms with Crippen LogP contribution in [-0.2, 0) is 0 Å². The van der Waals surface area contributed by atoms with Gasteiger partial charge in [-0.2, -0.15) is 0 Å². The Morgan fingerprint density at radius 3 is 2.83 bits per heavy atom. The third kappa shape index (κ3) is 3.26. The molecule has 0 fully saturated rings. The topological polar surface area (TPSA) is 24.4 Å². The fraction of sp³-hybridized carbons (Fsp3) is 0.462. The molecule has 18 heavy (non-hydrogen) atoms. The van der Waals surface area contributed by atoms with Gasteiger partial charge in [-0.3, -0.25) is 4.99 Å². The van der Waals surface area contributed by atoms with E-state index in [0.717, 1.165) is 28.6 Å². The zero-order chi connectivity index (χ0) is 13.3. The van der Waals surface area contributed by atoms with E-state index in [1.807, 2.05) is 6.92 Å². The molecule has 2 rings (SSSR count). The largest absolute Gasteiger partial charge is 0.335 e. The fourth-order valence-corrected chi connectivity index (χ4v) is 3.35. The molecule has 0 aromatic heterocycles. The van der Waals surface area contributed by atoms with Crippen LogP contribution in [0.25, 0.3) is 0 Å². The maximum absolute atomic E-state index is 13.4. The molecule has 5 heteroatoms. The number of aryl methyl sites for hydroxylation is 1. The summed E-state index contributed by atoms with van der Waals surface area (Å²) in [5, 5.41) is 4.20. The Labute approximate surface area is 120 Å². The molecule has 0 radical (unpaired) electrons. The summed E-state index contributed by atoms with van der Waals surface area (Å²) in [5.74, 6) is 0.817. The fourth-order valence-electron chi connectivity index (χ4n) is 1.72. The maximum Gasteiger partial charge on any atom is 0.161 e. The number of aliphatic imine (C=N–C) groups is 1. The van der Waals surface area contributed by atoms with Crippen molar-refractivity contribution in [3.63, 3.8) is 0 Å². The van der Waals surface area contributed by atoms with Crippen LogP contribution in [0.15, 0.2) is 21.6 Å². The summed E-state index contributed by atoms with van der Waals surface area (Å²) in [4.78, 5) is 4.66. The van der Waals surface area contributed by atoms with Crippen LogP contribution in [0.2, 0.25) is 0 Å². The number of benzene rings is 1. The first-order valence-electron chi connectivity index (χ1n) is 5.83. The quantitative estimate of drug-likeness (QED) is 0.814. The van der Waals surface area contributed by atoms with Gasteiger partial charge >= 0.3 is 0 Å². The standard InChI is InChI=1S/C13H16BrFN2S/c1-8-6-10(15)9(14)7-11(8)16-12-17-13(2,3)4-5-18-12/h6-7H,4-5H2,1-3H3,(H,16,17). The second kappa shape index (κ2) is 5.21. The van der Waals surface area contributed by atoms with Gasteiger partial charge in [0.15, 0.2) is 5.17 Å². The highest BCUT2D eigenvalue weighted by molar-refractivity contribution is 9.10. The van der Waals surface area contributed by atoms with Gasteiger partial charge in [0.05, 0.1) is 10.0 Å². The average Bonchev–Trinajstić information content (AvgIpc) is 2.24. The molecule has 0 aliphatic carbocycles. The van der Waals surface area contributed by atoms with Crippen LogP contribution < -0.4 is 5.32 Å². The number of anilines is 1. The number of nitrogens with one attached hydrogen (secondary N) is 1. The van der Waals surface area contributed by atoms with E-state index in [9.17, 15) is 4.39 Å². The molecule has 0 saturated carbocycles. The van der Waals surface area contributed by atoms with Gasteiger partial charge in [-0.15, -0.1) is 0 Å². The van der Waals surface area contributed by atoms with Crippen molar-refractivity contribution in [2.75, 3.05) is 11.1 Å². The predicted molar refractivity (Wildman–Crippen MR) is 81.0 cm³/mol. The molecule has 1 aromatic carbocycles. The molecule has 0 unspecified atom stereocenters. The third-order valence-corrected chi connectivity index (χ3v) is 4.35. The third-order valence-electron chi connectivity index (χ3n) is 2.87. The lowest BCUT2D eigenvalue weighted by atomic mass is 10.0. The van der Waals surface area contributed by atoms with E-state index in [1.165, 1.54) is 6.07 Å². The number of thioether (sulfide) groups is 1. The minimum atomic E-state index is -0.239. The highest BCUT2D eigenvalue weighted by Gasteiger charge is 2.22. The minimum absolute atomic E-state index is 0.0151. The second-order valence-electron chi connectivity index (χ2n) is 5.03. The van der Waals surface area contributed by atoms with E-state index in [1.54, 1.807) is 17.8 Å². The van der Waals surface area contributed by atoms with Crippen LogP contribution in [-0.4, -0.2) is 16.5 Å². The van der Waals surface area contributed by atoms with E-state index >= 15 is 0 Å². The van der Waals surface area contributed by atoms with Crippen LogP contribution in [0.4, 0.5) is 10.1 Å². The summed E-state index contributed by atoms with van der Waals surface area (Å²) < 4.78 is 13.8. The van der Waals surface area contributed by atoms with Crippen molar-refractivity contribution in [2.24, 2.45) is 4.99 Å². The van der Waals surface area contributed by atoms with Crippen molar-refractivity contribution in [2.45, 2.75) is 32.7 Å². The highest BCUT2D eigenvalue weighted by atomic mass is 79.9. The zero-order valence-corrected chi connectivity index (χ0v) is 13.1. The Hall–Kier alpha value is -0.550. The molecule has 1 heterocycles. The number of nitrogens with zero attached hydrogens (tertiary/aromatic N) is 1. The Morgan fingerprint density at radius 1 is 1.44 bits per heavy atom. The van der Waals surface area contributed by atoms with E-state index in [-0.39, 0.29) is 11.4 Å². The highest BCUT2D eigenvalue weighted by Crippen LogP contribution is 2.29. The van der Waals surface area contributed by atoms with Crippen LogP contribution in [0, 0.1) is 12.7 Å². The normalized spacial score (nSPS) is 18.4. The van der Waals surface area contributed by atoms with Crippen molar-refractivity contribution in [3.8, 4) is 0 Å². The first kappa shape index (κ1) is 13.9. The van der Waals surface area contributed by atoms with E-state index in [4.69, 9.17) is 0 Å². The lowest BCUT2D eigenvalue weighted by Gasteiger charge is -2.26. The summed E-state index contributed by atoms with van der Waals surface area (Å²) in [7, 11) is 0. The summed E-state index contributed by atoms with van der Waals surface area (Å²) in [6.45, 7) is 6.14. The Balaban J connectivity index is 2.24. The van der Waals surface area contributed by atoms with Crippen molar-refractivity contribution >= 4 is 38.5 Å². The summed E-state index contributed by atoms with van der Waals surface area (Å²) in [6, 6.07) is 3.28. The van der Waals surface area contributed by atoms with Crippen LogP contribution >= 0.6 is 27.7 Å². The van der Waals surface area contributed by atoms with Crippen LogP contribution in [0.3, 0.4) is 0 Å². The summed E-state index contributed by atoms with van der Waals surface area (Å²) >= 11 is 4.91. The smallest absolute Gasteiger partial charge is 0.161 e. The number of halogens is 2. The number of hydrogen-bond donors (Lipinski definition) is 1. The van der Waals surface area contributed by atoms with Gasteiger partial charge in [-0.05, 0) is 60.8 Å². The number of rotatable bonds is 1. The van der Waals surface area contributed by atoms with E-state index < -0.39 is 0 Å². The molecule has 2 nitrogen and oxygen atoms in total. The molecule has 0 amide bonds. The van der Waals surface area contributed by atoms with Gasteiger partial charge in [0.2, 0.25) is 0 Å². The monoisotopic (exact) mass is 330 g/mol. The molecular formula is C13H16BrFN2S. The Morgan fingerprint density at radius 2 is 2.17 bits per heavy atom. The average molecular weight is 331 g/mol. The molecule has 0 atom stereocenters. The summed E-state index contributed by atoms with van der Waals surface area (Å²) in [6.07, 6.45) is 1.08. The lowest BCUT2D eigenvalue weighted by molar-refractivity contribution is 0.507. The molecule has 1 aliphatic heterocycles. The molecule has 1 N–H and O–H groups in total. The van der Waals surface area contributed by atoms with Gasteiger partial charge in [0.25, 0.3) is 0 Å². The molecule has 0 bridgehead atoms.